The summed E-state index contributed by atoms with van der Waals surface area (Å²) < 4.78 is 25.4. The maximum absolute atomic E-state index is 12.5. The number of carbonyl (C=O) groups excluding carboxylic acids is 1. The van der Waals surface area contributed by atoms with Gasteiger partial charge in [-0.15, -0.1) is 11.3 Å². The monoisotopic (exact) mass is 404 g/mol. The third kappa shape index (κ3) is 3.40. The largest absolute Gasteiger partial charge is 0.506 e. The molecule has 3 heterocycles. The van der Waals surface area contributed by atoms with Crippen LogP contribution in [0.4, 0.5) is 11.4 Å². The van der Waals surface area contributed by atoms with Crippen LogP contribution in [-0.4, -0.2) is 41.9 Å². The van der Waals surface area contributed by atoms with Gasteiger partial charge in [-0.1, -0.05) is 6.07 Å². The summed E-state index contributed by atoms with van der Waals surface area (Å²) in [5, 5.41) is 21.4. The van der Waals surface area contributed by atoms with E-state index in [2.05, 4.69) is 15.5 Å². The summed E-state index contributed by atoms with van der Waals surface area (Å²) in [6.07, 6.45) is 0.545. The van der Waals surface area contributed by atoms with E-state index >= 15 is 0 Å². The number of benzene rings is 1. The first kappa shape index (κ1) is 17.6. The average Bonchev–Trinajstić information content (AvgIpc) is 3.36. The number of aromatic amines is 1. The number of amides is 1. The summed E-state index contributed by atoms with van der Waals surface area (Å²) in [5.74, 6) is -0.572. The van der Waals surface area contributed by atoms with Crippen LogP contribution in [0.2, 0.25) is 0 Å². The van der Waals surface area contributed by atoms with Gasteiger partial charge in [0.15, 0.2) is 5.69 Å². The summed E-state index contributed by atoms with van der Waals surface area (Å²) in [7, 11) is -3.35. The molecular weight excluding hydrogens is 388 g/mol. The van der Waals surface area contributed by atoms with Gasteiger partial charge in [-0.05, 0) is 42.1 Å². The molecule has 1 saturated heterocycles. The molecule has 0 aliphatic carbocycles. The van der Waals surface area contributed by atoms with Crippen molar-refractivity contribution < 1.29 is 18.3 Å². The zero-order chi connectivity index (χ0) is 19.0. The molecular formula is C17H16N4O4S2. The Morgan fingerprint density at radius 1 is 1.30 bits per heavy atom. The highest BCUT2D eigenvalue weighted by molar-refractivity contribution is 7.93. The minimum absolute atomic E-state index is 0.0916. The molecule has 10 heteroatoms. The SMILES string of the molecule is O=C(Nc1cc(N2CCCS2(=O)=O)ccc1O)c1cc(-c2cccs2)[nH]n1. The lowest BCUT2D eigenvalue weighted by molar-refractivity contribution is 0.102. The Morgan fingerprint density at radius 2 is 2.15 bits per heavy atom. The number of nitrogens with one attached hydrogen (secondary N) is 2. The highest BCUT2D eigenvalue weighted by atomic mass is 32.2. The van der Waals surface area contributed by atoms with Gasteiger partial charge < -0.3 is 10.4 Å². The summed E-state index contributed by atoms with van der Waals surface area (Å²) in [6.45, 7) is 0.379. The fourth-order valence-corrected chi connectivity index (χ4v) is 5.14. The molecule has 0 unspecified atom stereocenters. The maximum atomic E-state index is 12.5. The Morgan fingerprint density at radius 3 is 2.85 bits per heavy atom. The first-order valence-corrected chi connectivity index (χ1v) is 10.7. The van der Waals surface area contributed by atoms with Crippen LogP contribution in [-0.2, 0) is 10.0 Å². The highest BCUT2D eigenvalue weighted by Crippen LogP contribution is 2.32. The van der Waals surface area contributed by atoms with E-state index in [9.17, 15) is 18.3 Å². The van der Waals surface area contributed by atoms with Gasteiger partial charge in [-0.2, -0.15) is 5.10 Å². The molecule has 1 fully saturated rings. The van der Waals surface area contributed by atoms with Crippen LogP contribution >= 0.6 is 11.3 Å². The smallest absolute Gasteiger partial charge is 0.276 e. The van der Waals surface area contributed by atoms with Gasteiger partial charge in [-0.3, -0.25) is 14.2 Å². The lowest BCUT2D eigenvalue weighted by atomic mass is 10.2. The minimum atomic E-state index is -3.35. The number of anilines is 2. The molecule has 1 aliphatic rings. The second-order valence-corrected chi connectivity index (χ2v) is 9.00. The molecule has 4 rings (SSSR count). The minimum Gasteiger partial charge on any atom is -0.506 e. The summed E-state index contributed by atoms with van der Waals surface area (Å²) >= 11 is 1.52. The fourth-order valence-electron chi connectivity index (χ4n) is 2.89. The van der Waals surface area contributed by atoms with E-state index in [-0.39, 0.29) is 22.9 Å². The van der Waals surface area contributed by atoms with Crippen molar-refractivity contribution in [1.29, 1.82) is 0 Å². The van der Waals surface area contributed by atoms with Gasteiger partial charge >= 0.3 is 0 Å². The number of hydrogen-bond acceptors (Lipinski definition) is 6. The van der Waals surface area contributed by atoms with E-state index < -0.39 is 15.9 Å². The topological polar surface area (TPSA) is 115 Å². The Hall–Kier alpha value is -2.85. The van der Waals surface area contributed by atoms with E-state index in [1.807, 2.05) is 17.5 Å². The quantitative estimate of drug-likeness (QED) is 0.578. The molecule has 0 spiro atoms. The second-order valence-electron chi connectivity index (χ2n) is 6.04. The fraction of sp³-hybridized carbons (Fsp3) is 0.176. The summed E-state index contributed by atoms with van der Waals surface area (Å²) in [5.41, 5.74) is 1.41. The van der Waals surface area contributed by atoms with Crippen LogP contribution in [0.15, 0.2) is 41.8 Å². The number of sulfonamides is 1. The Kier molecular flexibility index (Phi) is 4.36. The normalized spacial score (nSPS) is 15.8. The van der Waals surface area contributed by atoms with E-state index in [1.165, 1.54) is 33.8 Å². The van der Waals surface area contributed by atoms with Crippen LogP contribution in [0.5, 0.6) is 5.75 Å². The summed E-state index contributed by atoms with van der Waals surface area (Å²) in [6, 6.07) is 9.75. The standard InChI is InChI=1S/C17H16N4O4S2/c22-15-5-4-11(21-6-2-8-27(21,24)25)9-12(15)18-17(23)14-10-13(19-20-14)16-3-1-7-26-16/h1,3-5,7,9-10,22H,2,6,8H2,(H,18,23)(H,19,20). The molecule has 140 valence electrons. The van der Waals surface area contributed by atoms with Gasteiger partial charge in [0.05, 0.1) is 27.7 Å². The van der Waals surface area contributed by atoms with Gasteiger partial charge in [-0.25, -0.2) is 8.42 Å². The molecule has 0 atom stereocenters. The number of H-pyrrole nitrogens is 1. The molecule has 1 aromatic carbocycles. The number of aromatic hydroxyl groups is 1. The lowest BCUT2D eigenvalue weighted by Gasteiger charge is -2.18. The van der Waals surface area contributed by atoms with Gasteiger partial charge in [0.1, 0.15) is 5.75 Å². The summed E-state index contributed by atoms with van der Waals surface area (Å²) in [4.78, 5) is 13.4. The number of rotatable bonds is 4. The number of thiophene rings is 1. The third-order valence-corrected chi connectivity index (χ3v) is 6.99. The van der Waals surface area contributed by atoms with Crippen molar-refractivity contribution in [3.63, 3.8) is 0 Å². The molecule has 8 nitrogen and oxygen atoms in total. The zero-order valence-corrected chi connectivity index (χ0v) is 15.7. The van der Waals surface area contributed by atoms with Crippen molar-refractivity contribution in [2.45, 2.75) is 6.42 Å². The Labute approximate surface area is 159 Å². The first-order chi connectivity index (χ1) is 12.9. The molecule has 0 saturated carbocycles. The molecule has 2 aromatic heterocycles. The molecule has 0 bridgehead atoms. The van der Waals surface area contributed by atoms with Crippen LogP contribution in [0.1, 0.15) is 16.9 Å². The number of carbonyl (C=O) groups is 1. The Balaban J connectivity index is 1.57. The molecule has 1 amide bonds. The number of phenols is 1. The van der Waals surface area contributed by atoms with Gasteiger partial charge in [0.2, 0.25) is 10.0 Å². The first-order valence-electron chi connectivity index (χ1n) is 8.18. The molecule has 3 N–H and O–H groups in total. The number of nitrogens with zero attached hydrogens (tertiary/aromatic N) is 2. The van der Waals surface area contributed by atoms with Crippen molar-refractivity contribution in [3.05, 3.63) is 47.5 Å². The van der Waals surface area contributed by atoms with E-state index in [4.69, 9.17) is 0 Å². The highest BCUT2D eigenvalue weighted by Gasteiger charge is 2.29. The van der Waals surface area contributed by atoms with Crippen molar-refractivity contribution >= 4 is 38.6 Å². The number of phenolic OH excluding ortho intramolecular Hbond substituents is 1. The third-order valence-electron chi connectivity index (χ3n) is 4.21. The average molecular weight is 404 g/mol. The van der Waals surface area contributed by atoms with E-state index in [0.29, 0.717) is 18.7 Å². The van der Waals surface area contributed by atoms with Crippen LogP contribution in [0.25, 0.3) is 10.6 Å². The van der Waals surface area contributed by atoms with Crippen LogP contribution in [0.3, 0.4) is 0 Å². The molecule has 3 aromatic rings. The van der Waals surface area contributed by atoms with E-state index in [1.54, 1.807) is 6.07 Å². The second kappa shape index (κ2) is 6.71. The number of hydrogen-bond donors (Lipinski definition) is 3. The molecule has 0 radical (unpaired) electrons. The predicted octanol–water partition coefficient (Wildman–Crippen LogP) is 2.64. The van der Waals surface area contributed by atoms with Crippen LogP contribution < -0.4 is 9.62 Å². The zero-order valence-electron chi connectivity index (χ0n) is 14.0. The molecule has 27 heavy (non-hydrogen) atoms. The lowest BCUT2D eigenvalue weighted by Crippen LogP contribution is -2.25. The van der Waals surface area contributed by atoms with Crippen LogP contribution in [0, 0.1) is 0 Å². The van der Waals surface area contributed by atoms with Crippen molar-refractivity contribution in [2.75, 3.05) is 21.9 Å². The predicted molar refractivity (Wildman–Crippen MR) is 104 cm³/mol. The van der Waals surface area contributed by atoms with Gasteiger partial charge in [0.25, 0.3) is 5.91 Å². The molecule has 1 aliphatic heterocycles. The van der Waals surface area contributed by atoms with E-state index in [0.717, 1.165) is 10.6 Å². The van der Waals surface area contributed by atoms with Crippen molar-refractivity contribution in [2.24, 2.45) is 0 Å². The Bertz CT molecular complexity index is 1090. The number of aromatic nitrogens is 2. The van der Waals surface area contributed by atoms with Crippen molar-refractivity contribution in [1.82, 2.24) is 10.2 Å². The maximum Gasteiger partial charge on any atom is 0.276 e. The van der Waals surface area contributed by atoms with Crippen molar-refractivity contribution in [3.8, 4) is 16.3 Å². The van der Waals surface area contributed by atoms with Gasteiger partial charge in [0, 0.05) is 6.54 Å².